The minimum absolute atomic E-state index is 0.366. The molecule has 0 aromatic carbocycles. The highest BCUT2D eigenvalue weighted by Crippen LogP contribution is 2.26. The number of nitrogens with zero attached hydrogens (tertiary/aromatic N) is 1. The summed E-state index contributed by atoms with van der Waals surface area (Å²) in [4.78, 5) is 2.51. The van der Waals surface area contributed by atoms with Gasteiger partial charge in [0, 0.05) is 11.3 Å². The topological polar surface area (TPSA) is 3.24 Å². The molecular formula is C7H15NS2. The van der Waals surface area contributed by atoms with Crippen LogP contribution >= 0.6 is 22.5 Å². The first-order chi connectivity index (χ1) is 4.67. The second kappa shape index (κ2) is 3.37. The van der Waals surface area contributed by atoms with Crippen molar-refractivity contribution in [2.24, 2.45) is 0 Å². The van der Waals surface area contributed by atoms with E-state index in [2.05, 4.69) is 30.4 Å². The first-order valence-electron chi connectivity index (χ1n) is 3.68. The van der Waals surface area contributed by atoms with E-state index in [1.165, 1.54) is 19.5 Å². The predicted octanol–water partition coefficient (Wildman–Crippen LogP) is 2.05. The third-order valence-electron chi connectivity index (χ3n) is 2.13. The summed E-state index contributed by atoms with van der Waals surface area (Å²) in [6.45, 7) is 7.13. The fraction of sp³-hybridized carbons (Fsp3) is 1.00. The van der Waals surface area contributed by atoms with Crippen molar-refractivity contribution in [3.63, 3.8) is 0 Å². The molecule has 0 amide bonds. The van der Waals surface area contributed by atoms with E-state index in [0.717, 1.165) is 5.75 Å². The molecule has 0 N–H and O–H groups in total. The van der Waals surface area contributed by atoms with E-state index in [-0.39, 0.29) is 0 Å². The highest BCUT2D eigenvalue weighted by atomic mass is 33.1. The Hall–Kier alpha value is 0.660. The molecule has 1 nitrogen and oxygen atoms in total. The van der Waals surface area contributed by atoms with E-state index in [0.29, 0.717) is 5.54 Å². The van der Waals surface area contributed by atoms with E-state index in [1.54, 1.807) is 10.8 Å². The normalized spacial score (nSPS) is 20.7. The van der Waals surface area contributed by atoms with Crippen molar-refractivity contribution in [1.82, 2.24) is 4.90 Å². The quantitative estimate of drug-likeness (QED) is 0.519. The molecule has 1 heterocycles. The first kappa shape index (κ1) is 8.75. The summed E-state index contributed by atoms with van der Waals surface area (Å²) in [5.74, 6) is 1.12. The Morgan fingerprint density at radius 2 is 2.10 bits per heavy atom. The van der Waals surface area contributed by atoms with Gasteiger partial charge in [-0.25, -0.2) is 0 Å². The number of hydrogen-bond acceptors (Lipinski definition) is 3. The van der Waals surface area contributed by atoms with Crippen molar-refractivity contribution in [3.05, 3.63) is 0 Å². The molecule has 0 aliphatic carbocycles. The van der Waals surface area contributed by atoms with Crippen LogP contribution in [-0.2, 0) is 0 Å². The van der Waals surface area contributed by atoms with Crippen LogP contribution in [0.25, 0.3) is 0 Å². The number of thiol groups is 1. The van der Waals surface area contributed by atoms with Gasteiger partial charge < -0.3 is 0 Å². The lowest BCUT2D eigenvalue weighted by Gasteiger charge is -2.44. The summed E-state index contributed by atoms with van der Waals surface area (Å²) >= 11 is 4.16. The van der Waals surface area contributed by atoms with Crippen LogP contribution in [0.5, 0.6) is 0 Å². The third-order valence-corrected chi connectivity index (χ3v) is 3.35. The smallest absolute Gasteiger partial charge is 0.0251 e. The van der Waals surface area contributed by atoms with Crippen LogP contribution in [-0.4, -0.2) is 29.3 Å². The monoisotopic (exact) mass is 177 g/mol. The molecule has 60 valence electrons. The van der Waals surface area contributed by atoms with Crippen LogP contribution in [0, 0.1) is 0 Å². The molecule has 0 aromatic heterocycles. The summed E-state index contributed by atoms with van der Waals surface area (Å²) in [6.07, 6.45) is 1.38. The van der Waals surface area contributed by atoms with E-state index in [9.17, 15) is 0 Å². The van der Waals surface area contributed by atoms with Gasteiger partial charge in [0.05, 0.1) is 0 Å². The van der Waals surface area contributed by atoms with Gasteiger partial charge in [-0.2, -0.15) is 0 Å². The van der Waals surface area contributed by atoms with Crippen molar-refractivity contribution in [1.29, 1.82) is 0 Å². The molecule has 0 atom stereocenters. The van der Waals surface area contributed by atoms with E-state index >= 15 is 0 Å². The van der Waals surface area contributed by atoms with Gasteiger partial charge in [0.15, 0.2) is 0 Å². The number of likely N-dealkylation sites (tertiary alicyclic amines) is 1. The highest BCUT2D eigenvalue weighted by molar-refractivity contribution is 8.68. The Labute approximate surface area is 72.4 Å². The third kappa shape index (κ3) is 1.83. The summed E-state index contributed by atoms with van der Waals surface area (Å²) in [5.41, 5.74) is 0.366. The maximum absolute atomic E-state index is 4.16. The molecule has 1 saturated heterocycles. The van der Waals surface area contributed by atoms with Gasteiger partial charge in [0.2, 0.25) is 0 Å². The zero-order valence-electron chi connectivity index (χ0n) is 6.63. The molecule has 1 rings (SSSR count). The molecular weight excluding hydrogens is 162 g/mol. The van der Waals surface area contributed by atoms with Crippen molar-refractivity contribution >= 4 is 22.5 Å². The van der Waals surface area contributed by atoms with Gasteiger partial charge in [-0.3, -0.25) is 4.90 Å². The van der Waals surface area contributed by atoms with Crippen LogP contribution < -0.4 is 0 Å². The van der Waals surface area contributed by atoms with Gasteiger partial charge >= 0.3 is 0 Å². The standard InChI is InChI=1S/C7H15NS2/c1-7(2,6-10-9)8-4-3-5-8/h9H,3-6H2,1-2H3. The van der Waals surface area contributed by atoms with Crippen LogP contribution in [0.15, 0.2) is 0 Å². The molecule has 0 aromatic rings. The van der Waals surface area contributed by atoms with Crippen LogP contribution in [0.2, 0.25) is 0 Å². The van der Waals surface area contributed by atoms with Crippen molar-refractivity contribution in [3.8, 4) is 0 Å². The highest BCUT2D eigenvalue weighted by Gasteiger charge is 2.30. The predicted molar refractivity (Wildman–Crippen MR) is 51.7 cm³/mol. The van der Waals surface area contributed by atoms with E-state index < -0.39 is 0 Å². The molecule has 1 aliphatic rings. The summed E-state index contributed by atoms with van der Waals surface area (Å²) < 4.78 is 0. The van der Waals surface area contributed by atoms with Gasteiger partial charge in [0.25, 0.3) is 0 Å². The maximum atomic E-state index is 4.16. The number of rotatable bonds is 3. The minimum atomic E-state index is 0.366. The number of hydrogen-bond donors (Lipinski definition) is 1. The lowest BCUT2D eigenvalue weighted by atomic mass is 10.0. The fourth-order valence-electron chi connectivity index (χ4n) is 1.17. The Morgan fingerprint density at radius 1 is 1.50 bits per heavy atom. The van der Waals surface area contributed by atoms with Crippen molar-refractivity contribution < 1.29 is 0 Å². The molecule has 0 radical (unpaired) electrons. The first-order valence-corrected chi connectivity index (χ1v) is 5.72. The van der Waals surface area contributed by atoms with Crippen molar-refractivity contribution in [2.75, 3.05) is 18.8 Å². The minimum Gasteiger partial charge on any atom is -0.297 e. The zero-order valence-corrected chi connectivity index (χ0v) is 8.34. The Kier molecular flexibility index (Phi) is 2.95. The van der Waals surface area contributed by atoms with Crippen LogP contribution in [0.3, 0.4) is 0 Å². The molecule has 0 unspecified atom stereocenters. The zero-order chi connectivity index (χ0) is 7.61. The van der Waals surface area contributed by atoms with E-state index in [4.69, 9.17) is 0 Å². The SMILES string of the molecule is CC(C)(CSS)N1CCC1. The average molecular weight is 177 g/mol. The summed E-state index contributed by atoms with van der Waals surface area (Å²) in [5, 5.41) is 0. The Bertz CT molecular complexity index is 110. The largest absolute Gasteiger partial charge is 0.297 e. The van der Waals surface area contributed by atoms with Crippen molar-refractivity contribution in [2.45, 2.75) is 25.8 Å². The lowest BCUT2D eigenvalue weighted by molar-refractivity contribution is 0.0726. The lowest BCUT2D eigenvalue weighted by Crippen LogP contribution is -2.53. The maximum Gasteiger partial charge on any atom is 0.0251 e. The van der Waals surface area contributed by atoms with Gasteiger partial charge in [-0.05, 0) is 33.4 Å². The van der Waals surface area contributed by atoms with Crippen LogP contribution in [0.1, 0.15) is 20.3 Å². The van der Waals surface area contributed by atoms with Gasteiger partial charge in [-0.1, -0.05) is 10.8 Å². The summed E-state index contributed by atoms with van der Waals surface area (Å²) in [7, 11) is 1.64. The second-order valence-electron chi connectivity index (χ2n) is 3.43. The second-order valence-corrected chi connectivity index (χ2v) is 4.75. The van der Waals surface area contributed by atoms with Crippen LogP contribution in [0.4, 0.5) is 0 Å². The average Bonchev–Trinajstić information content (AvgIpc) is 1.56. The molecule has 0 bridgehead atoms. The molecule has 10 heavy (non-hydrogen) atoms. The molecule has 0 saturated carbocycles. The molecule has 0 spiro atoms. The van der Waals surface area contributed by atoms with E-state index in [1.807, 2.05) is 0 Å². The fourth-order valence-corrected chi connectivity index (χ4v) is 2.62. The Balaban J connectivity index is 2.33. The van der Waals surface area contributed by atoms with Gasteiger partial charge in [-0.15, -0.1) is 11.7 Å². The molecule has 3 heteroatoms. The summed E-state index contributed by atoms with van der Waals surface area (Å²) in [6, 6.07) is 0. The molecule has 1 fully saturated rings. The molecule has 1 aliphatic heterocycles. The van der Waals surface area contributed by atoms with Gasteiger partial charge in [0.1, 0.15) is 0 Å². The Morgan fingerprint density at radius 3 is 2.40 bits per heavy atom.